The van der Waals surface area contributed by atoms with Crippen LogP contribution in [0.25, 0.3) is 0 Å². The van der Waals surface area contributed by atoms with Gasteiger partial charge in [0, 0.05) is 6.04 Å². The average molecular weight is 200 g/mol. The number of carboxylic acid groups (broad SMARTS) is 1. The molecule has 4 heteroatoms. The van der Waals surface area contributed by atoms with E-state index in [2.05, 4.69) is 10.2 Å². The molecule has 82 valence electrons. The fourth-order valence-electron chi connectivity index (χ4n) is 2.13. The van der Waals surface area contributed by atoms with E-state index in [9.17, 15) is 4.79 Å². The van der Waals surface area contributed by atoms with E-state index in [1.165, 1.54) is 6.42 Å². The van der Waals surface area contributed by atoms with E-state index in [0.717, 1.165) is 19.4 Å². The van der Waals surface area contributed by atoms with Crippen LogP contribution >= 0.6 is 0 Å². The summed E-state index contributed by atoms with van der Waals surface area (Å²) in [5.74, 6) is -0.731. The summed E-state index contributed by atoms with van der Waals surface area (Å²) >= 11 is 0. The molecule has 1 aliphatic rings. The largest absolute Gasteiger partial charge is 0.480 e. The molecule has 14 heavy (non-hydrogen) atoms. The second kappa shape index (κ2) is 5.32. The Morgan fingerprint density at radius 3 is 2.86 bits per heavy atom. The summed E-state index contributed by atoms with van der Waals surface area (Å²) in [5, 5.41) is 12.1. The summed E-state index contributed by atoms with van der Waals surface area (Å²) in [4.78, 5) is 13.2. The predicted molar refractivity (Wildman–Crippen MR) is 55.4 cm³/mol. The van der Waals surface area contributed by atoms with Gasteiger partial charge in [0.15, 0.2) is 0 Å². The van der Waals surface area contributed by atoms with Gasteiger partial charge >= 0.3 is 5.97 Å². The van der Waals surface area contributed by atoms with Gasteiger partial charge in [-0.3, -0.25) is 4.79 Å². The smallest absolute Gasteiger partial charge is 0.322 e. The van der Waals surface area contributed by atoms with Crippen molar-refractivity contribution in [2.45, 2.75) is 38.3 Å². The highest BCUT2D eigenvalue weighted by Gasteiger charge is 2.31. The minimum Gasteiger partial charge on any atom is -0.480 e. The van der Waals surface area contributed by atoms with Gasteiger partial charge in [0.2, 0.25) is 0 Å². The molecule has 0 aliphatic carbocycles. The molecule has 0 spiro atoms. The van der Waals surface area contributed by atoms with E-state index in [-0.39, 0.29) is 6.04 Å². The zero-order valence-corrected chi connectivity index (χ0v) is 8.99. The molecule has 0 amide bonds. The van der Waals surface area contributed by atoms with Gasteiger partial charge in [0.1, 0.15) is 6.04 Å². The third-order valence-corrected chi connectivity index (χ3v) is 2.90. The average Bonchev–Trinajstić information content (AvgIpc) is 2.15. The molecular formula is C10H20N2O2. The zero-order chi connectivity index (χ0) is 10.6. The van der Waals surface area contributed by atoms with Crippen molar-refractivity contribution in [1.82, 2.24) is 10.2 Å². The van der Waals surface area contributed by atoms with Crippen molar-refractivity contribution in [3.8, 4) is 0 Å². The first-order valence-corrected chi connectivity index (χ1v) is 5.33. The number of aliphatic carboxylic acids is 1. The number of nitrogens with one attached hydrogen (secondary N) is 1. The number of piperidine rings is 1. The highest BCUT2D eigenvalue weighted by molar-refractivity contribution is 5.74. The van der Waals surface area contributed by atoms with Crippen LogP contribution in [0, 0.1) is 0 Å². The molecule has 1 fully saturated rings. The van der Waals surface area contributed by atoms with Gasteiger partial charge in [-0.05, 0) is 33.0 Å². The maximum Gasteiger partial charge on any atom is 0.322 e. The monoisotopic (exact) mass is 200 g/mol. The summed E-state index contributed by atoms with van der Waals surface area (Å²) in [6.07, 6.45) is 3.32. The first-order chi connectivity index (χ1) is 6.66. The second-order valence-corrected chi connectivity index (χ2v) is 3.92. The minimum absolute atomic E-state index is 0.154. The highest BCUT2D eigenvalue weighted by atomic mass is 16.4. The molecule has 1 aliphatic heterocycles. The number of carbonyl (C=O) groups is 1. The van der Waals surface area contributed by atoms with Crippen LogP contribution in [0.15, 0.2) is 0 Å². The Morgan fingerprint density at radius 2 is 2.36 bits per heavy atom. The maximum atomic E-state index is 11.0. The van der Waals surface area contributed by atoms with Crippen LogP contribution in [0.2, 0.25) is 0 Å². The molecule has 0 radical (unpaired) electrons. The molecule has 4 nitrogen and oxygen atoms in total. The van der Waals surface area contributed by atoms with E-state index in [4.69, 9.17) is 5.11 Å². The van der Waals surface area contributed by atoms with Crippen LogP contribution in [0.4, 0.5) is 0 Å². The molecule has 2 N–H and O–H groups in total. The lowest BCUT2D eigenvalue weighted by Gasteiger charge is -2.36. The zero-order valence-electron chi connectivity index (χ0n) is 8.99. The standard InChI is InChI=1S/C10H20N2O2/c1-3-11-9(10(13)14)8-6-4-5-7-12(8)2/h8-9,11H,3-7H2,1-2H3,(H,13,14). The van der Waals surface area contributed by atoms with Gasteiger partial charge in [-0.15, -0.1) is 0 Å². The van der Waals surface area contributed by atoms with Crippen molar-refractivity contribution in [2.24, 2.45) is 0 Å². The van der Waals surface area contributed by atoms with Crippen LogP contribution in [0.5, 0.6) is 0 Å². The Bertz CT molecular complexity index is 197. The Hall–Kier alpha value is -0.610. The van der Waals surface area contributed by atoms with Crippen molar-refractivity contribution >= 4 is 5.97 Å². The summed E-state index contributed by atoms with van der Waals surface area (Å²) in [6, 6.07) is -0.258. The van der Waals surface area contributed by atoms with Gasteiger partial charge in [0.25, 0.3) is 0 Å². The third-order valence-electron chi connectivity index (χ3n) is 2.90. The number of likely N-dealkylation sites (tertiary alicyclic amines) is 1. The summed E-state index contributed by atoms with van der Waals surface area (Å²) < 4.78 is 0. The van der Waals surface area contributed by atoms with E-state index in [1.54, 1.807) is 0 Å². The first-order valence-electron chi connectivity index (χ1n) is 5.33. The molecule has 1 rings (SSSR count). The van der Waals surface area contributed by atoms with Crippen molar-refractivity contribution in [2.75, 3.05) is 20.1 Å². The lowest BCUT2D eigenvalue weighted by Crippen LogP contribution is -2.54. The molecule has 0 aromatic carbocycles. The maximum absolute atomic E-state index is 11.0. The van der Waals surface area contributed by atoms with Gasteiger partial charge in [-0.25, -0.2) is 0 Å². The lowest BCUT2D eigenvalue weighted by molar-refractivity contribution is -0.141. The number of hydrogen-bond donors (Lipinski definition) is 2. The summed E-state index contributed by atoms with van der Waals surface area (Å²) in [6.45, 7) is 3.67. The number of hydrogen-bond acceptors (Lipinski definition) is 3. The van der Waals surface area contributed by atoms with Crippen LogP contribution in [0.1, 0.15) is 26.2 Å². The van der Waals surface area contributed by atoms with Crippen molar-refractivity contribution < 1.29 is 9.90 Å². The number of rotatable bonds is 4. The minimum atomic E-state index is -0.731. The Kier molecular flexibility index (Phi) is 4.35. The molecule has 0 aromatic heterocycles. The van der Waals surface area contributed by atoms with Crippen LogP contribution in [-0.2, 0) is 4.79 Å². The first kappa shape index (κ1) is 11.5. The molecule has 2 unspecified atom stereocenters. The fraction of sp³-hybridized carbons (Fsp3) is 0.900. The quantitative estimate of drug-likeness (QED) is 0.695. The van der Waals surface area contributed by atoms with Crippen molar-refractivity contribution in [3.05, 3.63) is 0 Å². The summed E-state index contributed by atoms with van der Waals surface area (Å²) in [5.41, 5.74) is 0. The second-order valence-electron chi connectivity index (χ2n) is 3.92. The molecule has 1 saturated heterocycles. The molecule has 0 aromatic rings. The van der Waals surface area contributed by atoms with E-state index in [0.29, 0.717) is 6.54 Å². The Morgan fingerprint density at radius 1 is 1.64 bits per heavy atom. The van der Waals surface area contributed by atoms with Crippen LogP contribution in [-0.4, -0.2) is 48.2 Å². The fourth-order valence-corrected chi connectivity index (χ4v) is 2.13. The molecule has 2 atom stereocenters. The van der Waals surface area contributed by atoms with Gasteiger partial charge in [-0.2, -0.15) is 0 Å². The van der Waals surface area contributed by atoms with Gasteiger partial charge in [-0.1, -0.05) is 13.3 Å². The predicted octanol–water partition coefficient (Wildman–Crippen LogP) is 0.533. The van der Waals surface area contributed by atoms with Crippen LogP contribution in [0.3, 0.4) is 0 Å². The van der Waals surface area contributed by atoms with Crippen molar-refractivity contribution in [3.63, 3.8) is 0 Å². The molecular weight excluding hydrogens is 180 g/mol. The van der Waals surface area contributed by atoms with E-state index < -0.39 is 12.0 Å². The van der Waals surface area contributed by atoms with E-state index >= 15 is 0 Å². The summed E-state index contributed by atoms with van der Waals surface area (Å²) in [7, 11) is 2.01. The van der Waals surface area contributed by atoms with E-state index in [1.807, 2.05) is 14.0 Å². The molecule has 1 heterocycles. The van der Waals surface area contributed by atoms with Crippen molar-refractivity contribution in [1.29, 1.82) is 0 Å². The Balaban J connectivity index is 2.60. The third kappa shape index (κ3) is 2.69. The molecule has 0 saturated carbocycles. The van der Waals surface area contributed by atoms with Gasteiger partial charge < -0.3 is 15.3 Å². The highest BCUT2D eigenvalue weighted by Crippen LogP contribution is 2.18. The van der Waals surface area contributed by atoms with Crippen LogP contribution < -0.4 is 5.32 Å². The SMILES string of the molecule is CCNC(C(=O)O)C1CCCCN1C. The number of carboxylic acids is 1. The number of nitrogens with zero attached hydrogens (tertiary/aromatic N) is 1. The topological polar surface area (TPSA) is 52.6 Å². The molecule has 0 bridgehead atoms. The number of likely N-dealkylation sites (N-methyl/N-ethyl adjacent to an activating group) is 2. The van der Waals surface area contributed by atoms with Gasteiger partial charge in [0.05, 0.1) is 0 Å². The Labute approximate surface area is 85.3 Å². The lowest BCUT2D eigenvalue weighted by atomic mass is 9.96. The normalized spacial score (nSPS) is 26.0.